The molecular formula is C7H5BF5K. The summed E-state index contributed by atoms with van der Waals surface area (Å²) in [4.78, 5) is 0. The van der Waals surface area contributed by atoms with Crippen LogP contribution in [0.2, 0.25) is 0 Å². The van der Waals surface area contributed by atoms with E-state index in [-0.39, 0.29) is 51.4 Å². The Hall–Kier alpha value is 0.441. The molecule has 1 aromatic rings. The van der Waals surface area contributed by atoms with Gasteiger partial charge in [0, 0.05) is 0 Å². The van der Waals surface area contributed by atoms with Gasteiger partial charge in [-0.3, -0.25) is 12.9 Å². The first-order valence-electron chi connectivity index (χ1n) is 3.12. The fourth-order valence-corrected chi connectivity index (χ4v) is 0.540. The summed E-state index contributed by atoms with van der Waals surface area (Å²) in [5.74, 6) is -1.68. The van der Waals surface area contributed by atoms with E-state index < -0.39 is 19.2 Å². The molecule has 0 N–H and O–H groups in total. The van der Waals surface area contributed by atoms with Gasteiger partial charge in [-0.25, -0.2) is 8.78 Å². The van der Waals surface area contributed by atoms with Gasteiger partial charge in [0.05, 0.1) is 0 Å². The summed E-state index contributed by atoms with van der Waals surface area (Å²) in [6, 6.07) is 3.52. The fourth-order valence-electron chi connectivity index (χ4n) is 0.540. The van der Waals surface area contributed by atoms with Crippen LogP contribution in [-0.4, -0.2) is 7.54 Å². The molecule has 0 bridgehead atoms. The van der Waals surface area contributed by atoms with E-state index in [9.17, 15) is 21.7 Å². The third-order valence-electron chi connectivity index (χ3n) is 0.984. The molecule has 72 valence electrons. The Labute approximate surface area is 122 Å². The summed E-state index contributed by atoms with van der Waals surface area (Å²) in [6.45, 7) is 3.42. The second-order valence-electron chi connectivity index (χ2n) is 2.00. The fraction of sp³-hybridized carbons (Fsp3) is 0. The number of benzene rings is 1. The van der Waals surface area contributed by atoms with Crippen molar-refractivity contribution in [1.82, 2.24) is 0 Å². The van der Waals surface area contributed by atoms with Gasteiger partial charge in [0.25, 0.3) is 0 Å². The first-order chi connectivity index (χ1) is 5.93. The Balaban J connectivity index is 0. The smallest absolute Gasteiger partial charge is 0.254 e. The van der Waals surface area contributed by atoms with Crippen molar-refractivity contribution < 1.29 is 73.1 Å². The van der Waals surface area contributed by atoms with Crippen molar-refractivity contribution in [3.8, 4) is 0 Å². The molecule has 0 radical (unpaired) electrons. The van der Waals surface area contributed by atoms with Gasteiger partial charge in [0.1, 0.15) is 11.6 Å². The second-order valence-corrected chi connectivity index (χ2v) is 2.00. The van der Waals surface area contributed by atoms with Gasteiger partial charge in [-0.05, 0) is 0 Å². The molecule has 0 aliphatic heterocycles. The van der Waals surface area contributed by atoms with Crippen molar-refractivity contribution in [3.63, 3.8) is 0 Å². The number of rotatable bonds is 0. The third kappa shape index (κ3) is 9.01. The van der Waals surface area contributed by atoms with Crippen LogP contribution < -0.4 is 51.4 Å². The van der Waals surface area contributed by atoms with Crippen LogP contribution in [0.3, 0.4) is 0 Å². The van der Waals surface area contributed by atoms with Gasteiger partial charge >= 0.3 is 58.9 Å². The summed E-state index contributed by atoms with van der Waals surface area (Å²) >= 11 is 0. The van der Waals surface area contributed by atoms with E-state index in [1.165, 1.54) is 6.07 Å². The van der Waals surface area contributed by atoms with E-state index >= 15 is 0 Å². The zero-order valence-electron chi connectivity index (χ0n) is 7.41. The normalized spacial score (nSPS) is 8.07. The topological polar surface area (TPSA) is 0 Å². The molecule has 1 aromatic carbocycles. The molecule has 1 rings (SSSR count). The Bertz CT molecular complexity index is 266. The monoisotopic (exact) mass is 234 g/mol. The van der Waals surface area contributed by atoms with Crippen molar-refractivity contribution in [2.75, 3.05) is 0 Å². The largest absolute Gasteiger partial charge is 1.00 e. The Morgan fingerprint density at radius 1 is 1.00 bits per heavy atom. The Morgan fingerprint density at radius 2 is 1.43 bits per heavy atom. The second kappa shape index (κ2) is 8.73. The van der Waals surface area contributed by atoms with E-state index in [2.05, 4.69) is 6.92 Å². The molecule has 0 saturated heterocycles. The van der Waals surface area contributed by atoms with E-state index in [1.54, 1.807) is 0 Å². The van der Waals surface area contributed by atoms with Gasteiger partial charge < -0.3 is 0 Å². The number of hydrogen-bond acceptors (Lipinski definition) is 0. The molecule has 0 heterocycles. The van der Waals surface area contributed by atoms with Crippen molar-refractivity contribution in [3.05, 3.63) is 42.3 Å². The molecule has 0 atom stereocenters. The van der Waals surface area contributed by atoms with Crippen molar-refractivity contribution in [2.45, 2.75) is 0 Å². The minimum absolute atomic E-state index is 0. The van der Waals surface area contributed by atoms with Crippen LogP contribution in [0.25, 0.3) is 0 Å². The van der Waals surface area contributed by atoms with Crippen molar-refractivity contribution in [2.24, 2.45) is 0 Å². The molecule has 7 heteroatoms. The average molecular weight is 234 g/mol. The SMILES string of the molecule is FB(F)F.[CH2-]c1ccc(F)c(F)c1.[K+]. The van der Waals surface area contributed by atoms with Crippen molar-refractivity contribution in [1.29, 1.82) is 0 Å². The first-order valence-corrected chi connectivity index (χ1v) is 3.12. The molecule has 0 unspecified atom stereocenters. The summed E-state index contributed by atoms with van der Waals surface area (Å²) in [7, 11) is -3.67. The molecule has 0 aromatic heterocycles. The predicted molar refractivity (Wildman–Crippen MR) is 39.9 cm³/mol. The van der Waals surface area contributed by atoms with Crippen LogP contribution in [0, 0.1) is 18.6 Å². The van der Waals surface area contributed by atoms with Gasteiger partial charge in [-0.2, -0.15) is 18.6 Å². The molecule has 0 spiro atoms. The van der Waals surface area contributed by atoms with E-state index in [1.807, 2.05) is 0 Å². The molecule has 0 nitrogen and oxygen atoms in total. The first kappa shape index (κ1) is 16.9. The molecule has 14 heavy (non-hydrogen) atoms. The summed E-state index contributed by atoms with van der Waals surface area (Å²) in [5.41, 5.74) is 0.480. The molecule has 0 aliphatic carbocycles. The quantitative estimate of drug-likeness (QED) is 0.337. The van der Waals surface area contributed by atoms with Crippen LogP contribution >= 0.6 is 0 Å². The molecule has 0 fully saturated rings. The standard InChI is InChI=1S/C7H5F2.BF3.K/c1-5-2-3-6(8)7(9)4-5;2-1(3)4;/h2-4H,1H2;;/q-1;;+1. The maximum absolute atomic E-state index is 12.2. The molecular weight excluding hydrogens is 229 g/mol. The predicted octanol–water partition coefficient (Wildman–Crippen LogP) is 0.0308. The van der Waals surface area contributed by atoms with Gasteiger partial charge in [0.15, 0.2) is 0 Å². The van der Waals surface area contributed by atoms with Crippen LogP contribution in [0.5, 0.6) is 0 Å². The van der Waals surface area contributed by atoms with Gasteiger partial charge in [-0.15, -0.1) is 6.07 Å². The third-order valence-corrected chi connectivity index (χ3v) is 0.984. The zero-order valence-corrected chi connectivity index (χ0v) is 10.5. The summed E-state index contributed by atoms with van der Waals surface area (Å²) in [6.07, 6.45) is 0. The van der Waals surface area contributed by atoms with E-state index in [0.717, 1.165) is 12.1 Å². The maximum atomic E-state index is 12.2. The molecule has 0 saturated carbocycles. The minimum Gasteiger partial charge on any atom is -0.254 e. The van der Waals surface area contributed by atoms with E-state index in [0.29, 0.717) is 5.56 Å². The minimum atomic E-state index is -3.67. The summed E-state index contributed by atoms with van der Waals surface area (Å²) < 4.78 is 53.3. The average Bonchev–Trinajstić information content (AvgIpc) is 1.96. The Morgan fingerprint density at radius 3 is 1.71 bits per heavy atom. The van der Waals surface area contributed by atoms with E-state index in [4.69, 9.17) is 0 Å². The number of halogens is 5. The van der Waals surface area contributed by atoms with Crippen LogP contribution in [0.4, 0.5) is 21.7 Å². The van der Waals surface area contributed by atoms with Crippen LogP contribution in [0.15, 0.2) is 18.2 Å². The molecule has 0 aliphatic rings. The Kier molecular flexibility index (Phi) is 10.5. The van der Waals surface area contributed by atoms with Crippen molar-refractivity contribution >= 4 is 7.54 Å². The zero-order chi connectivity index (χ0) is 10.4. The van der Waals surface area contributed by atoms with Crippen LogP contribution in [0.1, 0.15) is 5.56 Å². The van der Waals surface area contributed by atoms with Gasteiger partial charge in [-0.1, -0.05) is 6.07 Å². The maximum Gasteiger partial charge on any atom is 1.00 e. The number of hydrogen-bond donors (Lipinski definition) is 0. The van der Waals surface area contributed by atoms with Crippen LogP contribution in [-0.2, 0) is 0 Å². The molecule has 0 amide bonds. The summed E-state index contributed by atoms with van der Waals surface area (Å²) in [5, 5.41) is 0. The van der Waals surface area contributed by atoms with Gasteiger partial charge in [0.2, 0.25) is 0 Å².